The van der Waals surface area contributed by atoms with Crippen molar-refractivity contribution in [2.45, 2.75) is 19.4 Å². The minimum atomic E-state index is -0.589. The number of benzene rings is 1. The highest BCUT2D eigenvalue weighted by molar-refractivity contribution is 5.83. The Morgan fingerprint density at radius 1 is 1.03 bits per heavy atom. The van der Waals surface area contributed by atoms with E-state index < -0.39 is 5.82 Å². The van der Waals surface area contributed by atoms with Crippen molar-refractivity contribution < 1.29 is 4.39 Å². The van der Waals surface area contributed by atoms with E-state index in [9.17, 15) is 9.65 Å². The fourth-order valence-corrected chi connectivity index (χ4v) is 3.19. The van der Waals surface area contributed by atoms with Gasteiger partial charge in [0.1, 0.15) is 6.07 Å². The van der Waals surface area contributed by atoms with Gasteiger partial charge in [-0.15, -0.1) is 0 Å². The zero-order valence-electron chi connectivity index (χ0n) is 16.3. The summed E-state index contributed by atoms with van der Waals surface area (Å²) in [7, 11) is 0. The maximum Gasteiger partial charge on any atom is 0.166 e. The van der Waals surface area contributed by atoms with E-state index in [2.05, 4.69) is 25.6 Å². The lowest BCUT2D eigenvalue weighted by Gasteiger charge is -2.18. The van der Waals surface area contributed by atoms with Gasteiger partial charge in [0.2, 0.25) is 0 Å². The van der Waals surface area contributed by atoms with Gasteiger partial charge in [-0.2, -0.15) is 5.26 Å². The molecule has 3 heterocycles. The summed E-state index contributed by atoms with van der Waals surface area (Å²) in [4.78, 5) is 13.0. The smallest absolute Gasteiger partial charge is 0.166 e. The van der Waals surface area contributed by atoms with Crippen LogP contribution in [0.5, 0.6) is 0 Å². The number of nitrogens with zero attached hydrogens (tertiary/aromatic N) is 4. The van der Waals surface area contributed by atoms with Gasteiger partial charge in [-0.1, -0.05) is 19.1 Å². The van der Waals surface area contributed by atoms with Crippen LogP contribution in [0.4, 0.5) is 21.7 Å². The molecule has 0 bridgehead atoms. The van der Waals surface area contributed by atoms with Crippen LogP contribution in [-0.4, -0.2) is 15.0 Å². The molecule has 0 saturated heterocycles. The molecular weight excluding hydrogens is 379 g/mol. The second-order valence-electron chi connectivity index (χ2n) is 6.72. The molecule has 0 aliphatic heterocycles. The zero-order chi connectivity index (χ0) is 20.9. The van der Waals surface area contributed by atoms with Gasteiger partial charge in [0, 0.05) is 23.5 Å². The van der Waals surface area contributed by atoms with Gasteiger partial charge in [0.25, 0.3) is 0 Å². The van der Waals surface area contributed by atoms with Crippen LogP contribution in [0.2, 0.25) is 0 Å². The summed E-state index contributed by atoms with van der Waals surface area (Å²) >= 11 is 0. The van der Waals surface area contributed by atoms with Crippen LogP contribution in [0.1, 0.15) is 30.6 Å². The maximum atomic E-state index is 14.6. The molecule has 0 unspecified atom stereocenters. The number of anilines is 3. The molecule has 0 spiro atoms. The van der Waals surface area contributed by atoms with Crippen LogP contribution in [0.3, 0.4) is 0 Å². The number of nitriles is 1. The van der Waals surface area contributed by atoms with Crippen molar-refractivity contribution in [1.82, 2.24) is 15.0 Å². The van der Waals surface area contributed by atoms with Gasteiger partial charge in [-0.3, -0.25) is 9.97 Å². The predicted octanol–water partition coefficient (Wildman–Crippen LogP) is 5.34. The molecule has 2 N–H and O–H groups in total. The molecule has 3 aromatic heterocycles. The van der Waals surface area contributed by atoms with Crippen LogP contribution >= 0.6 is 0 Å². The summed E-state index contributed by atoms with van der Waals surface area (Å²) in [5, 5.41) is 16.6. The molecule has 6 nitrogen and oxygen atoms in total. The summed E-state index contributed by atoms with van der Waals surface area (Å²) < 4.78 is 14.6. The van der Waals surface area contributed by atoms with Crippen molar-refractivity contribution in [3.63, 3.8) is 0 Å². The van der Waals surface area contributed by atoms with E-state index in [4.69, 9.17) is 0 Å². The van der Waals surface area contributed by atoms with Crippen LogP contribution in [0, 0.1) is 17.1 Å². The molecule has 7 heteroatoms. The Hall–Kier alpha value is -4.05. The Balaban J connectivity index is 1.66. The highest BCUT2D eigenvalue weighted by Gasteiger charge is 2.17. The monoisotopic (exact) mass is 398 g/mol. The highest BCUT2D eigenvalue weighted by Crippen LogP contribution is 2.28. The first-order valence-electron chi connectivity index (χ1n) is 9.58. The molecule has 4 aromatic rings. The lowest BCUT2D eigenvalue weighted by Crippen LogP contribution is -2.14. The van der Waals surface area contributed by atoms with Crippen molar-refractivity contribution in [3.8, 4) is 6.07 Å². The van der Waals surface area contributed by atoms with Gasteiger partial charge in [-0.25, -0.2) is 9.37 Å². The number of hydrogen-bond donors (Lipinski definition) is 2. The molecule has 0 saturated carbocycles. The van der Waals surface area contributed by atoms with Crippen molar-refractivity contribution in [2.24, 2.45) is 0 Å². The lowest BCUT2D eigenvalue weighted by molar-refractivity contribution is 0.615. The normalized spacial score (nSPS) is 11.6. The first-order valence-corrected chi connectivity index (χ1v) is 9.58. The molecule has 0 aliphatic carbocycles. The number of nitrogens with one attached hydrogen (secondary N) is 2. The van der Waals surface area contributed by atoms with Crippen molar-refractivity contribution in [3.05, 3.63) is 84.1 Å². The average molecular weight is 398 g/mol. The van der Waals surface area contributed by atoms with Crippen molar-refractivity contribution in [2.75, 3.05) is 10.6 Å². The number of hydrogen-bond acceptors (Lipinski definition) is 6. The summed E-state index contributed by atoms with van der Waals surface area (Å²) in [6, 6.07) is 18.0. The molecule has 0 amide bonds. The summed E-state index contributed by atoms with van der Waals surface area (Å²) in [5.41, 5.74) is 2.50. The molecule has 4 rings (SSSR count). The minimum absolute atomic E-state index is 0.0662. The Labute approximate surface area is 173 Å². The first kappa shape index (κ1) is 19.3. The van der Waals surface area contributed by atoms with Crippen molar-refractivity contribution in [1.29, 1.82) is 5.26 Å². The van der Waals surface area contributed by atoms with E-state index in [0.29, 0.717) is 6.42 Å². The van der Waals surface area contributed by atoms with E-state index in [1.165, 1.54) is 6.07 Å². The molecule has 1 aromatic carbocycles. The predicted molar refractivity (Wildman–Crippen MR) is 115 cm³/mol. The van der Waals surface area contributed by atoms with Gasteiger partial charge >= 0.3 is 0 Å². The van der Waals surface area contributed by atoms with Crippen LogP contribution < -0.4 is 10.6 Å². The number of aromatic nitrogens is 3. The largest absolute Gasteiger partial charge is 0.359 e. The van der Waals surface area contributed by atoms with Gasteiger partial charge < -0.3 is 10.6 Å². The van der Waals surface area contributed by atoms with Crippen LogP contribution in [-0.2, 0) is 0 Å². The summed E-state index contributed by atoms with van der Waals surface area (Å²) in [6.45, 7) is 1.98. The maximum absolute atomic E-state index is 14.6. The van der Waals surface area contributed by atoms with Crippen LogP contribution in [0.25, 0.3) is 10.9 Å². The molecule has 1 atom stereocenters. The standard InChI is InChI=1S/C23H19FN6/c1-2-19(21-7-3-4-10-27-21)29-23-18(24)13-16(14-25)22(30-23)28-17-8-9-20-15(12-17)6-5-11-26-20/h3-13,19H,2H2,1H3,(H2,28,29,30)/t19-/m0/s1. The second-order valence-corrected chi connectivity index (χ2v) is 6.72. The number of halogens is 1. The van der Waals surface area contributed by atoms with Gasteiger partial charge in [-0.05, 0) is 48.9 Å². The fourth-order valence-electron chi connectivity index (χ4n) is 3.19. The highest BCUT2D eigenvalue weighted by atomic mass is 19.1. The number of pyridine rings is 3. The van der Waals surface area contributed by atoms with E-state index in [0.717, 1.165) is 22.3 Å². The van der Waals surface area contributed by atoms with Gasteiger partial charge in [0.15, 0.2) is 17.5 Å². The Morgan fingerprint density at radius 3 is 2.67 bits per heavy atom. The summed E-state index contributed by atoms with van der Waals surface area (Å²) in [6.07, 6.45) is 4.12. The van der Waals surface area contributed by atoms with E-state index in [1.807, 2.05) is 61.5 Å². The minimum Gasteiger partial charge on any atom is -0.359 e. The molecule has 0 aliphatic rings. The lowest BCUT2D eigenvalue weighted by atomic mass is 10.1. The topological polar surface area (TPSA) is 86.5 Å². The summed E-state index contributed by atoms with van der Waals surface area (Å²) in [5.74, 6) is -0.244. The van der Waals surface area contributed by atoms with E-state index in [-0.39, 0.29) is 23.2 Å². The Bertz CT molecular complexity index is 1220. The Morgan fingerprint density at radius 2 is 1.90 bits per heavy atom. The fraction of sp³-hybridized carbons (Fsp3) is 0.130. The SMILES string of the molecule is CC[C@H](Nc1nc(Nc2ccc3ncccc3c2)c(C#N)cc1F)c1ccccn1. The Kier molecular flexibility index (Phi) is 5.48. The molecule has 30 heavy (non-hydrogen) atoms. The van der Waals surface area contributed by atoms with Crippen molar-refractivity contribution >= 4 is 28.2 Å². The van der Waals surface area contributed by atoms with E-state index >= 15 is 0 Å². The zero-order valence-corrected chi connectivity index (χ0v) is 16.3. The molecule has 0 fully saturated rings. The quantitative estimate of drug-likeness (QED) is 0.456. The first-order chi connectivity index (χ1) is 14.7. The molecular formula is C23H19FN6. The third-order valence-electron chi connectivity index (χ3n) is 4.73. The third-order valence-corrected chi connectivity index (χ3v) is 4.73. The number of rotatable bonds is 6. The average Bonchev–Trinajstić information content (AvgIpc) is 2.79. The van der Waals surface area contributed by atoms with Crippen LogP contribution in [0.15, 0.2) is 67.0 Å². The molecule has 148 valence electrons. The van der Waals surface area contributed by atoms with Gasteiger partial charge in [0.05, 0.1) is 22.8 Å². The molecule has 0 radical (unpaired) electrons. The third kappa shape index (κ3) is 4.03. The number of fused-ring (bicyclic) bond motifs is 1. The van der Waals surface area contributed by atoms with E-state index in [1.54, 1.807) is 12.4 Å². The second kappa shape index (κ2) is 8.53.